The van der Waals surface area contributed by atoms with Crippen LogP contribution < -0.4 is 0 Å². The van der Waals surface area contributed by atoms with Crippen molar-refractivity contribution >= 4 is 5.97 Å². The van der Waals surface area contributed by atoms with Crippen LogP contribution in [-0.4, -0.2) is 11.1 Å². The number of hydrogen-bond donors (Lipinski definition) is 0. The van der Waals surface area contributed by atoms with Gasteiger partial charge >= 0.3 is 5.97 Å². The number of ether oxygens (including phenoxy) is 1. The number of nitrogens with zero attached hydrogens (tertiary/aromatic N) is 1. The summed E-state index contributed by atoms with van der Waals surface area (Å²) < 4.78 is 23.9. The number of hydrogen-bond acceptors (Lipinski definition) is 4. The van der Waals surface area contributed by atoms with Crippen LogP contribution in [0.5, 0.6) is 0 Å². The molecule has 22 heavy (non-hydrogen) atoms. The summed E-state index contributed by atoms with van der Waals surface area (Å²) in [5.41, 5.74) is 1.19. The largest absolute Gasteiger partial charge is 0.455 e. The second-order valence-electron chi connectivity index (χ2n) is 4.60. The van der Waals surface area contributed by atoms with Crippen LogP contribution in [0.2, 0.25) is 0 Å². The molecule has 5 heteroatoms. The summed E-state index contributed by atoms with van der Waals surface area (Å²) in [5.74, 6) is -0.550. The molecule has 0 aliphatic carbocycles. The van der Waals surface area contributed by atoms with Crippen LogP contribution in [0.25, 0.3) is 11.3 Å². The summed E-state index contributed by atoms with van der Waals surface area (Å²) in [4.78, 5) is 11.8. The van der Waals surface area contributed by atoms with E-state index in [0.29, 0.717) is 22.6 Å². The van der Waals surface area contributed by atoms with Crippen molar-refractivity contribution in [3.8, 4) is 11.3 Å². The molecule has 0 aliphatic heterocycles. The topological polar surface area (TPSA) is 52.3 Å². The van der Waals surface area contributed by atoms with Crippen molar-refractivity contribution in [1.82, 2.24) is 5.16 Å². The van der Waals surface area contributed by atoms with E-state index in [1.54, 1.807) is 48.5 Å². The normalized spacial score (nSPS) is 10.4. The molecule has 0 fully saturated rings. The SMILES string of the molecule is O=C(OCc1cc(-c2ccccc2F)on1)c1ccccc1. The van der Waals surface area contributed by atoms with E-state index in [1.165, 1.54) is 6.07 Å². The predicted molar refractivity (Wildman–Crippen MR) is 77.5 cm³/mol. The first kappa shape index (κ1) is 14.0. The monoisotopic (exact) mass is 297 g/mol. The fourth-order valence-electron chi connectivity index (χ4n) is 1.96. The van der Waals surface area contributed by atoms with E-state index in [9.17, 15) is 9.18 Å². The molecule has 0 amide bonds. The van der Waals surface area contributed by atoms with Gasteiger partial charge in [-0.25, -0.2) is 9.18 Å². The van der Waals surface area contributed by atoms with Crippen molar-refractivity contribution in [2.45, 2.75) is 6.61 Å². The van der Waals surface area contributed by atoms with Gasteiger partial charge in [-0.3, -0.25) is 0 Å². The lowest BCUT2D eigenvalue weighted by Crippen LogP contribution is -2.04. The number of halogens is 1. The van der Waals surface area contributed by atoms with Gasteiger partial charge in [0.15, 0.2) is 5.76 Å². The van der Waals surface area contributed by atoms with E-state index in [0.717, 1.165) is 0 Å². The Kier molecular flexibility index (Phi) is 3.96. The van der Waals surface area contributed by atoms with E-state index in [-0.39, 0.29) is 6.61 Å². The van der Waals surface area contributed by atoms with Crippen molar-refractivity contribution in [1.29, 1.82) is 0 Å². The standard InChI is InChI=1S/C17H12FNO3/c18-15-9-5-4-8-14(15)16-10-13(19-22-16)11-21-17(20)12-6-2-1-3-7-12/h1-10H,11H2. The third kappa shape index (κ3) is 3.03. The summed E-state index contributed by atoms with van der Waals surface area (Å²) in [6.45, 7) is -0.0360. The Bertz CT molecular complexity index is 783. The number of aromatic nitrogens is 1. The van der Waals surface area contributed by atoms with Crippen LogP contribution in [0.1, 0.15) is 16.1 Å². The molecular weight excluding hydrogens is 285 g/mol. The molecule has 0 bridgehead atoms. The van der Waals surface area contributed by atoms with E-state index in [4.69, 9.17) is 9.26 Å². The number of carbonyl (C=O) groups is 1. The lowest BCUT2D eigenvalue weighted by molar-refractivity contribution is 0.0464. The van der Waals surface area contributed by atoms with Gasteiger partial charge in [0.25, 0.3) is 0 Å². The molecular formula is C17H12FNO3. The Morgan fingerprint density at radius 3 is 2.59 bits per heavy atom. The molecule has 3 rings (SSSR count). The molecule has 0 atom stereocenters. The minimum atomic E-state index is -0.448. The lowest BCUT2D eigenvalue weighted by atomic mass is 10.1. The second-order valence-corrected chi connectivity index (χ2v) is 4.60. The summed E-state index contributed by atoms with van der Waals surface area (Å²) in [6, 6.07) is 16.4. The van der Waals surface area contributed by atoms with Gasteiger partial charge in [-0.1, -0.05) is 35.5 Å². The van der Waals surface area contributed by atoms with Gasteiger partial charge in [0.1, 0.15) is 18.1 Å². The van der Waals surface area contributed by atoms with Gasteiger partial charge in [0, 0.05) is 6.07 Å². The van der Waals surface area contributed by atoms with E-state index in [2.05, 4.69) is 5.16 Å². The van der Waals surface area contributed by atoms with E-state index >= 15 is 0 Å². The number of esters is 1. The average molecular weight is 297 g/mol. The van der Waals surface area contributed by atoms with Crippen LogP contribution in [0.4, 0.5) is 4.39 Å². The van der Waals surface area contributed by atoms with Crippen LogP contribution >= 0.6 is 0 Å². The molecule has 0 N–H and O–H groups in total. The zero-order chi connectivity index (χ0) is 15.4. The minimum Gasteiger partial charge on any atom is -0.455 e. The van der Waals surface area contributed by atoms with E-state index < -0.39 is 11.8 Å². The fraction of sp³-hybridized carbons (Fsp3) is 0.0588. The molecule has 0 unspecified atom stereocenters. The van der Waals surface area contributed by atoms with Gasteiger partial charge in [-0.2, -0.15) is 0 Å². The highest BCUT2D eigenvalue weighted by atomic mass is 19.1. The molecule has 4 nitrogen and oxygen atoms in total. The highest BCUT2D eigenvalue weighted by Crippen LogP contribution is 2.23. The zero-order valence-corrected chi connectivity index (χ0v) is 11.5. The summed E-state index contributed by atoms with van der Waals surface area (Å²) in [7, 11) is 0. The van der Waals surface area contributed by atoms with Crippen molar-refractivity contribution in [3.63, 3.8) is 0 Å². The molecule has 0 saturated carbocycles. The highest BCUT2D eigenvalue weighted by Gasteiger charge is 2.12. The number of rotatable bonds is 4. The molecule has 1 heterocycles. The van der Waals surface area contributed by atoms with Gasteiger partial charge in [-0.05, 0) is 24.3 Å². The fourth-order valence-corrected chi connectivity index (χ4v) is 1.96. The average Bonchev–Trinajstić information content (AvgIpc) is 3.02. The van der Waals surface area contributed by atoms with Crippen molar-refractivity contribution < 1.29 is 18.4 Å². The molecule has 110 valence electrons. The first-order chi connectivity index (χ1) is 10.7. The predicted octanol–water partition coefficient (Wildman–Crippen LogP) is 3.84. The van der Waals surface area contributed by atoms with Crippen molar-refractivity contribution in [2.24, 2.45) is 0 Å². The number of carbonyl (C=O) groups excluding carboxylic acids is 1. The van der Waals surface area contributed by atoms with Crippen LogP contribution in [-0.2, 0) is 11.3 Å². The van der Waals surface area contributed by atoms with Crippen LogP contribution in [0.15, 0.2) is 65.2 Å². The zero-order valence-electron chi connectivity index (χ0n) is 11.5. The van der Waals surface area contributed by atoms with E-state index in [1.807, 2.05) is 6.07 Å². The third-order valence-corrected chi connectivity index (χ3v) is 3.06. The molecule has 0 radical (unpaired) electrons. The number of benzene rings is 2. The smallest absolute Gasteiger partial charge is 0.338 e. The molecule has 3 aromatic rings. The van der Waals surface area contributed by atoms with Gasteiger partial charge in [0.05, 0.1) is 11.1 Å². The Morgan fingerprint density at radius 2 is 1.82 bits per heavy atom. The minimum absolute atomic E-state index is 0.0360. The molecule has 0 saturated heterocycles. The maximum atomic E-state index is 13.6. The molecule has 1 aromatic heterocycles. The first-order valence-corrected chi connectivity index (χ1v) is 6.67. The Labute approximate surface area is 126 Å². The lowest BCUT2D eigenvalue weighted by Gasteiger charge is -2.01. The van der Waals surface area contributed by atoms with Gasteiger partial charge in [-0.15, -0.1) is 0 Å². The molecule has 2 aromatic carbocycles. The summed E-state index contributed by atoms with van der Waals surface area (Å²) >= 11 is 0. The maximum Gasteiger partial charge on any atom is 0.338 e. The maximum absolute atomic E-state index is 13.6. The first-order valence-electron chi connectivity index (χ1n) is 6.67. The molecule has 0 spiro atoms. The van der Waals surface area contributed by atoms with Crippen molar-refractivity contribution in [3.05, 3.63) is 77.7 Å². The highest BCUT2D eigenvalue weighted by molar-refractivity contribution is 5.89. The Morgan fingerprint density at radius 1 is 1.09 bits per heavy atom. The van der Waals surface area contributed by atoms with Crippen molar-refractivity contribution in [2.75, 3.05) is 0 Å². The third-order valence-electron chi connectivity index (χ3n) is 3.06. The van der Waals surface area contributed by atoms with Gasteiger partial charge < -0.3 is 9.26 Å². The Balaban J connectivity index is 1.68. The van der Waals surface area contributed by atoms with Crippen LogP contribution in [0, 0.1) is 5.82 Å². The summed E-state index contributed by atoms with van der Waals surface area (Å²) in [5, 5.41) is 3.78. The van der Waals surface area contributed by atoms with Gasteiger partial charge in [0.2, 0.25) is 0 Å². The summed E-state index contributed by atoms with van der Waals surface area (Å²) in [6.07, 6.45) is 0. The quantitative estimate of drug-likeness (QED) is 0.687. The second kappa shape index (κ2) is 6.22. The molecule has 0 aliphatic rings. The van der Waals surface area contributed by atoms with Crippen LogP contribution in [0.3, 0.4) is 0 Å². The Hall–Kier alpha value is -2.95.